The van der Waals surface area contributed by atoms with E-state index < -0.39 is 6.10 Å². The molecule has 0 bridgehead atoms. The van der Waals surface area contributed by atoms with Crippen LogP contribution in [0.15, 0.2) is 146 Å². The molecule has 0 aromatic carbocycles. The van der Waals surface area contributed by atoms with E-state index in [9.17, 15) is 14.4 Å². The van der Waals surface area contributed by atoms with Crippen LogP contribution in [0, 0.1) is 0 Å². The summed E-state index contributed by atoms with van der Waals surface area (Å²) in [6.07, 6.45) is 92.8. The number of ether oxygens (including phenoxy) is 3. The fourth-order valence-corrected chi connectivity index (χ4v) is 8.35. The van der Waals surface area contributed by atoms with Crippen molar-refractivity contribution in [3.8, 4) is 0 Å². The van der Waals surface area contributed by atoms with Crippen molar-refractivity contribution >= 4 is 17.9 Å². The molecule has 0 aliphatic rings. The zero-order valence-corrected chi connectivity index (χ0v) is 50.4. The number of allylic oxidation sites excluding steroid dienone is 24. The van der Waals surface area contributed by atoms with Crippen LogP contribution in [0.1, 0.15) is 271 Å². The number of unbranched alkanes of at least 4 members (excludes halogenated alkanes) is 21. The molecule has 0 aromatic heterocycles. The molecule has 0 heterocycles. The van der Waals surface area contributed by atoms with E-state index in [0.29, 0.717) is 25.7 Å². The molecule has 0 amide bonds. The van der Waals surface area contributed by atoms with Crippen molar-refractivity contribution in [2.24, 2.45) is 0 Å². The number of carbonyl (C=O) groups excluding carboxylic acids is 3. The van der Waals surface area contributed by atoms with Gasteiger partial charge in [-0.3, -0.25) is 14.4 Å². The number of esters is 3. The van der Waals surface area contributed by atoms with Crippen molar-refractivity contribution in [3.63, 3.8) is 0 Å². The molecule has 1 unspecified atom stereocenters. The van der Waals surface area contributed by atoms with Crippen molar-refractivity contribution < 1.29 is 28.6 Å². The van der Waals surface area contributed by atoms with E-state index >= 15 is 0 Å². The van der Waals surface area contributed by atoms with Gasteiger partial charge in [0, 0.05) is 19.3 Å². The van der Waals surface area contributed by atoms with Crippen LogP contribution in [0.2, 0.25) is 0 Å². The lowest BCUT2D eigenvalue weighted by atomic mass is 10.1. The second-order valence-electron chi connectivity index (χ2n) is 20.5. The molecule has 0 saturated heterocycles. The number of hydrogen-bond acceptors (Lipinski definition) is 6. The Hall–Kier alpha value is -4.71. The number of rotatable bonds is 56. The van der Waals surface area contributed by atoms with Crippen molar-refractivity contribution in [1.82, 2.24) is 0 Å². The minimum absolute atomic E-state index is 0.105. The van der Waals surface area contributed by atoms with E-state index in [0.717, 1.165) is 148 Å². The van der Waals surface area contributed by atoms with Crippen LogP contribution in [-0.2, 0) is 28.6 Å². The second kappa shape index (κ2) is 64.8. The molecule has 0 aromatic rings. The van der Waals surface area contributed by atoms with Crippen LogP contribution < -0.4 is 0 Å². The molecule has 440 valence electrons. The Labute approximate surface area is 480 Å². The minimum Gasteiger partial charge on any atom is -0.462 e. The van der Waals surface area contributed by atoms with Gasteiger partial charge in [0.05, 0.1) is 0 Å². The molecule has 0 aliphatic heterocycles. The Morgan fingerprint density at radius 2 is 0.500 bits per heavy atom. The maximum atomic E-state index is 12.9. The highest BCUT2D eigenvalue weighted by atomic mass is 16.6. The van der Waals surface area contributed by atoms with E-state index in [4.69, 9.17) is 14.2 Å². The predicted octanol–water partition coefficient (Wildman–Crippen LogP) is 21.9. The average Bonchev–Trinajstić information content (AvgIpc) is 3.44. The molecule has 0 rings (SSSR count). The van der Waals surface area contributed by atoms with Gasteiger partial charge in [0.2, 0.25) is 0 Å². The van der Waals surface area contributed by atoms with E-state index in [-0.39, 0.29) is 31.1 Å². The van der Waals surface area contributed by atoms with Crippen molar-refractivity contribution in [3.05, 3.63) is 146 Å². The number of hydrogen-bond donors (Lipinski definition) is 0. The topological polar surface area (TPSA) is 78.9 Å². The summed E-state index contributed by atoms with van der Waals surface area (Å²) in [5.74, 6) is -0.969. The van der Waals surface area contributed by atoms with Gasteiger partial charge in [-0.25, -0.2) is 0 Å². The molecular formula is C72H116O6. The molecule has 0 fully saturated rings. The van der Waals surface area contributed by atoms with E-state index in [1.165, 1.54) is 77.0 Å². The van der Waals surface area contributed by atoms with Gasteiger partial charge in [-0.1, -0.05) is 256 Å². The van der Waals surface area contributed by atoms with Gasteiger partial charge in [0.15, 0.2) is 6.10 Å². The maximum absolute atomic E-state index is 12.9. The third kappa shape index (κ3) is 62.1. The molecule has 6 nitrogen and oxygen atoms in total. The van der Waals surface area contributed by atoms with Crippen LogP contribution in [0.25, 0.3) is 0 Å². The maximum Gasteiger partial charge on any atom is 0.306 e. The second-order valence-corrected chi connectivity index (χ2v) is 20.5. The minimum atomic E-state index is -0.812. The van der Waals surface area contributed by atoms with Gasteiger partial charge in [0.1, 0.15) is 13.2 Å². The van der Waals surface area contributed by atoms with Gasteiger partial charge in [-0.05, 0) is 141 Å². The standard InChI is InChI=1S/C72H116O6/c1-4-7-10-13-16-19-22-25-28-31-32-33-34-35-36-37-38-39-40-42-44-47-50-53-56-59-62-65-71(74)77-68-69(67-76-70(73)64-61-58-55-52-49-46-43-30-27-24-21-18-15-12-9-6-3)78-72(75)66-63-60-57-54-51-48-45-41-29-26-23-20-17-14-11-8-5-2/h7-8,10-11,16-17,19-20,25-26,28-30,32-33,35-36,38-39,42-44,50,53,69H,4-6,9,12-15,18,21-24,27,31,34,37,40-41,45-49,51-52,54-68H2,1-3H3/b10-7-,11-8-,19-16-,20-17-,28-25-,29-26-,33-32-,36-35-,39-38-,43-30-,44-42-,53-50-. The summed E-state index contributed by atoms with van der Waals surface area (Å²) in [6.45, 7) is 6.37. The summed E-state index contributed by atoms with van der Waals surface area (Å²) in [5, 5.41) is 0. The lowest BCUT2D eigenvalue weighted by Crippen LogP contribution is -2.30. The normalized spacial score (nSPS) is 13.1. The van der Waals surface area contributed by atoms with Gasteiger partial charge < -0.3 is 14.2 Å². The van der Waals surface area contributed by atoms with Gasteiger partial charge in [-0.2, -0.15) is 0 Å². The molecule has 6 heteroatoms. The van der Waals surface area contributed by atoms with Gasteiger partial charge >= 0.3 is 17.9 Å². The van der Waals surface area contributed by atoms with Crippen LogP contribution in [0.4, 0.5) is 0 Å². The van der Waals surface area contributed by atoms with E-state index in [1.807, 2.05) is 0 Å². The summed E-state index contributed by atoms with van der Waals surface area (Å²) in [5.41, 5.74) is 0. The van der Waals surface area contributed by atoms with Gasteiger partial charge in [0.25, 0.3) is 0 Å². The summed E-state index contributed by atoms with van der Waals surface area (Å²) in [7, 11) is 0. The van der Waals surface area contributed by atoms with Gasteiger partial charge in [-0.15, -0.1) is 0 Å². The molecular weight excluding hydrogens is 961 g/mol. The third-order valence-corrected chi connectivity index (χ3v) is 13.1. The zero-order valence-electron chi connectivity index (χ0n) is 50.4. The molecule has 0 saturated carbocycles. The molecule has 1 atom stereocenters. The fourth-order valence-electron chi connectivity index (χ4n) is 8.35. The highest BCUT2D eigenvalue weighted by Crippen LogP contribution is 2.14. The predicted molar refractivity (Wildman–Crippen MR) is 339 cm³/mol. The first-order valence-corrected chi connectivity index (χ1v) is 31.8. The highest BCUT2D eigenvalue weighted by molar-refractivity contribution is 5.71. The Balaban J connectivity index is 4.49. The first-order chi connectivity index (χ1) is 38.5. The monoisotopic (exact) mass is 1080 g/mol. The van der Waals surface area contributed by atoms with E-state index in [1.54, 1.807) is 0 Å². The Morgan fingerprint density at radius 3 is 0.821 bits per heavy atom. The lowest BCUT2D eigenvalue weighted by molar-refractivity contribution is -0.167. The smallest absolute Gasteiger partial charge is 0.306 e. The summed E-state index contributed by atoms with van der Waals surface area (Å²) < 4.78 is 16.9. The van der Waals surface area contributed by atoms with Crippen LogP contribution in [0.5, 0.6) is 0 Å². The Bertz CT molecular complexity index is 1710. The van der Waals surface area contributed by atoms with Crippen LogP contribution in [0.3, 0.4) is 0 Å². The summed E-state index contributed by atoms with van der Waals surface area (Å²) in [6, 6.07) is 0. The molecule has 78 heavy (non-hydrogen) atoms. The molecule has 0 radical (unpaired) electrons. The Morgan fingerprint density at radius 1 is 0.269 bits per heavy atom. The van der Waals surface area contributed by atoms with Crippen LogP contribution >= 0.6 is 0 Å². The Kier molecular flexibility index (Phi) is 60.9. The first-order valence-electron chi connectivity index (χ1n) is 31.8. The zero-order chi connectivity index (χ0) is 56.4. The lowest BCUT2D eigenvalue weighted by Gasteiger charge is -2.18. The highest BCUT2D eigenvalue weighted by Gasteiger charge is 2.19. The van der Waals surface area contributed by atoms with E-state index in [2.05, 4.69) is 167 Å². The SMILES string of the molecule is CC/C=C\C/C=C\C/C=C\C/C=C\C/C=C\C/C=C\C/C=C\C/C=C\CCCCC(=O)OCC(COC(=O)CCCCCCC/C=C\CCCCCCCCC)OC(=O)CCCCCCCCC/C=C\C/C=C\C/C=C\CC. The van der Waals surface area contributed by atoms with Crippen molar-refractivity contribution in [2.45, 2.75) is 277 Å². The average molecular weight is 1080 g/mol. The largest absolute Gasteiger partial charge is 0.462 e. The quantitative estimate of drug-likeness (QED) is 0.0261. The van der Waals surface area contributed by atoms with Crippen LogP contribution in [-0.4, -0.2) is 37.2 Å². The van der Waals surface area contributed by atoms with Crippen molar-refractivity contribution in [1.29, 1.82) is 0 Å². The third-order valence-electron chi connectivity index (χ3n) is 13.1. The molecule has 0 N–H and O–H groups in total. The molecule has 0 spiro atoms. The number of carbonyl (C=O) groups is 3. The first kappa shape index (κ1) is 73.3. The molecule has 0 aliphatic carbocycles. The fraction of sp³-hybridized carbons (Fsp3) is 0.625. The van der Waals surface area contributed by atoms with Crippen molar-refractivity contribution in [2.75, 3.05) is 13.2 Å². The summed E-state index contributed by atoms with van der Waals surface area (Å²) in [4.78, 5) is 38.3. The summed E-state index contributed by atoms with van der Waals surface area (Å²) >= 11 is 0.